The molecule has 1 heterocycles. The molecule has 0 saturated carbocycles. The first kappa shape index (κ1) is 21.5. The monoisotopic (exact) mass is 414 g/mol. The molecule has 1 aliphatic rings. The maximum atomic E-state index is 13.3. The number of aryl methyl sites for hydroxylation is 4. The van der Waals surface area contributed by atoms with Gasteiger partial charge in [0.1, 0.15) is 0 Å². The quantitative estimate of drug-likeness (QED) is 0.812. The van der Waals surface area contributed by atoms with Crippen molar-refractivity contribution in [2.24, 2.45) is 5.92 Å². The Balaban J connectivity index is 1.71. The highest BCUT2D eigenvalue weighted by molar-refractivity contribution is 7.89. The molecule has 0 spiro atoms. The second-order valence-electron chi connectivity index (χ2n) is 8.13. The molecule has 1 N–H and O–H groups in total. The van der Waals surface area contributed by atoms with Gasteiger partial charge in [0.05, 0.1) is 10.8 Å². The van der Waals surface area contributed by atoms with Crippen LogP contribution in [0.5, 0.6) is 0 Å². The summed E-state index contributed by atoms with van der Waals surface area (Å²) in [6.07, 6.45) is 1.39. The smallest absolute Gasteiger partial charge is 0.243 e. The second kappa shape index (κ2) is 8.67. The molecule has 156 valence electrons. The van der Waals surface area contributed by atoms with Crippen molar-refractivity contribution in [2.75, 3.05) is 13.1 Å². The van der Waals surface area contributed by atoms with Crippen LogP contribution in [0.25, 0.3) is 0 Å². The molecule has 29 heavy (non-hydrogen) atoms. The zero-order valence-corrected chi connectivity index (χ0v) is 18.5. The molecule has 0 aliphatic carbocycles. The number of piperidine rings is 1. The van der Waals surface area contributed by atoms with Crippen molar-refractivity contribution in [3.05, 3.63) is 64.2 Å². The van der Waals surface area contributed by atoms with Gasteiger partial charge in [-0.15, -0.1) is 0 Å². The Morgan fingerprint density at radius 2 is 1.66 bits per heavy atom. The molecule has 1 saturated heterocycles. The van der Waals surface area contributed by atoms with Gasteiger partial charge in [-0.2, -0.15) is 4.31 Å². The summed E-state index contributed by atoms with van der Waals surface area (Å²) in [5.74, 6) is -0.405. The molecule has 1 atom stereocenters. The molecule has 1 aliphatic heterocycles. The SMILES string of the molecule is Cc1ccc(CNC(=O)C2CCCN(S(=O)(=O)c3c(C)cc(C)cc3C)C2)cc1. The van der Waals surface area contributed by atoms with Gasteiger partial charge in [0.25, 0.3) is 0 Å². The summed E-state index contributed by atoms with van der Waals surface area (Å²) in [5, 5.41) is 2.97. The maximum Gasteiger partial charge on any atom is 0.243 e. The molecule has 5 nitrogen and oxygen atoms in total. The Labute approximate surface area is 174 Å². The van der Waals surface area contributed by atoms with Crippen LogP contribution in [0.1, 0.15) is 40.7 Å². The second-order valence-corrected chi connectivity index (χ2v) is 10.0. The van der Waals surface area contributed by atoms with E-state index in [1.807, 2.05) is 64.1 Å². The molecular formula is C23H30N2O3S. The van der Waals surface area contributed by atoms with Crippen LogP contribution in [0.4, 0.5) is 0 Å². The number of sulfonamides is 1. The Hall–Kier alpha value is -2.18. The van der Waals surface area contributed by atoms with E-state index in [1.165, 1.54) is 9.87 Å². The zero-order chi connectivity index (χ0) is 21.2. The third kappa shape index (κ3) is 4.87. The standard InChI is InChI=1S/C23H30N2O3S/c1-16-7-9-20(10-8-16)14-24-23(26)21-6-5-11-25(15-21)29(27,28)22-18(3)12-17(2)13-19(22)4/h7-10,12-13,21H,5-6,11,14-15H2,1-4H3,(H,24,26). The largest absolute Gasteiger partial charge is 0.352 e. The van der Waals surface area contributed by atoms with Gasteiger partial charge in [0.2, 0.25) is 15.9 Å². The van der Waals surface area contributed by atoms with Crippen molar-refractivity contribution >= 4 is 15.9 Å². The molecule has 3 rings (SSSR count). The Kier molecular flexibility index (Phi) is 6.44. The number of rotatable bonds is 5. The van der Waals surface area contributed by atoms with Crippen molar-refractivity contribution < 1.29 is 13.2 Å². The van der Waals surface area contributed by atoms with Crippen molar-refractivity contribution in [1.29, 1.82) is 0 Å². The predicted octanol–water partition coefficient (Wildman–Crippen LogP) is 3.64. The zero-order valence-electron chi connectivity index (χ0n) is 17.7. The van der Waals surface area contributed by atoms with Gasteiger partial charge in [0, 0.05) is 19.6 Å². The van der Waals surface area contributed by atoms with Crippen LogP contribution in [-0.4, -0.2) is 31.7 Å². The van der Waals surface area contributed by atoms with Crippen LogP contribution in [-0.2, 0) is 21.4 Å². The van der Waals surface area contributed by atoms with Crippen molar-refractivity contribution in [1.82, 2.24) is 9.62 Å². The van der Waals surface area contributed by atoms with Crippen molar-refractivity contribution in [3.63, 3.8) is 0 Å². The minimum Gasteiger partial charge on any atom is -0.352 e. The van der Waals surface area contributed by atoms with Gasteiger partial charge in [-0.3, -0.25) is 4.79 Å². The molecular weight excluding hydrogens is 384 g/mol. The Morgan fingerprint density at radius 1 is 1.03 bits per heavy atom. The van der Waals surface area contributed by atoms with E-state index in [0.717, 1.165) is 22.3 Å². The highest BCUT2D eigenvalue weighted by Gasteiger charge is 2.34. The van der Waals surface area contributed by atoms with Gasteiger partial charge in [-0.25, -0.2) is 8.42 Å². The lowest BCUT2D eigenvalue weighted by Gasteiger charge is -2.32. The number of carbonyl (C=O) groups is 1. The molecule has 2 aromatic rings. The first-order valence-corrected chi connectivity index (χ1v) is 11.5. The fourth-order valence-corrected chi connectivity index (χ4v) is 6.05. The van der Waals surface area contributed by atoms with Gasteiger partial charge in [0.15, 0.2) is 0 Å². The third-order valence-corrected chi connectivity index (χ3v) is 7.72. The molecule has 1 fully saturated rings. The minimum absolute atomic E-state index is 0.0807. The minimum atomic E-state index is -3.63. The molecule has 2 aromatic carbocycles. The van der Waals surface area contributed by atoms with Crippen molar-refractivity contribution in [3.8, 4) is 0 Å². The van der Waals surface area contributed by atoms with E-state index < -0.39 is 10.0 Å². The van der Waals surface area contributed by atoms with E-state index in [9.17, 15) is 13.2 Å². The third-order valence-electron chi connectivity index (χ3n) is 5.54. The summed E-state index contributed by atoms with van der Waals surface area (Å²) in [5.41, 5.74) is 4.78. The maximum absolute atomic E-state index is 13.3. The lowest BCUT2D eigenvalue weighted by molar-refractivity contribution is -0.126. The van der Waals surface area contributed by atoms with E-state index in [1.54, 1.807) is 0 Å². The summed E-state index contributed by atoms with van der Waals surface area (Å²) in [6.45, 7) is 8.80. The van der Waals surface area contributed by atoms with Gasteiger partial charge >= 0.3 is 0 Å². The van der Waals surface area contributed by atoms with E-state index in [4.69, 9.17) is 0 Å². The lowest BCUT2D eigenvalue weighted by atomic mass is 9.98. The molecule has 0 radical (unpaired) electrons. The van der Waals surface area contributed by atoms with E-state index in [0.29, 0.717) is 30.8 Å². The van der Waals surface area contributed by atoms with Gasteiger partial charge in [-0.1, -0.05) is 47.5 Å². The molecule has 1 amide bonds. The summed E-state index contributed by atoms with van der Waals surface area (Å²) < 4.78 is 28.1. The summed E-state index contributed by atoms with van der Waals surface area (Å²) >= 11 is 0. The number of hydrogen-bond acceptors (Lipinski definition) is 3. The van der Waals surface area contributed by atoms with E-state index >= 15 is 0 Å². The number of carbonyl (C=O) groups excluding carboxylic acids is 1. The number of nitrogens with zero attached hydrogens (tertiary/aromatic N) is 1. The molecule has 0 aromatic heterocycles. The number of nitrogens with one attached hydrogen (secondary N) is 1. The Morgan fingerprint density at radius 3 is 2.28 bits per heavy atom. The van der Waals surface area contributed by atoms with Crippen LogP contribution in [0, 0.1) is 33.6 Å². The number of amides is 1. The summed E-state index contributed by atoms with van der Waals surface area (Å²) in [6, 6.07) is 11.8. The van der Waals surface area contributed by atoms with Crippen LogP contribution in [0.2, 0.25) is 0 Å². The van der Waals surface area contributed by atoms with Crippen LogP contribution in [0.15, 0.2) is 41.3 Å². The predicted molar refractivity (Wildman–Crippen MR) is 115 cm³/mol. The normalized spacial score (nSPS) is 17.9. The highest BCUT2D eigenvalue weighted by atomic mass is 32.2. The average molecular weight is 415 g/mol. The number of benzene rings is 2. The first-order chi connectivity index (χ1) is 13.7. The number of hydrogen-bond donors (Lipinski definition) is 1. The molecule has 1 unspecified atom stereocenters. The fraction of sp³-hybridized carbons (Fsp3) is 0.435. The first-order valence-electron chi connectivity index (χ1n) is 10.1. The van der Waals surface area contributed by atoms with Gasteiger partial charge < -0.3 is 5.32 Å². The summed E-state index contributed by atoms with van der Waals surface area (Å²) in [4.78, 5) is 13.1. The average Bonchev–Trinajstić information content (AvgIpc) is 2.66. The van der Waals surface area contributed by atoms with Crippen LogP contribution >= 0.6 is 0 Å². The van der Waals surface area contributed by atoms with Crippen LogP contribution in [0.3, 0.4) is 0 Å². The molecule has 6 heteroatoms. The Bertz CT molecular complexity index is 974. The molecule has 0 bridgehead atoms. The van der Waals surface area contributed by atoms with Gasteiger partial charge in [-0.05, 0) is 57.2 Å². The fourth-order valence-electron chi connectivity index (χ4n) is 4.12. The van der Waals surface area contributed by atoms with E-state index in [2.05, 4.69) is 5.32 Å². The lowest BCUT2D eigenvalue weighted by Crippen LogP contribution is -2.45. The van der Waals surface area contributed by atoms with Crippen molar-refractivity contribution in [2.45, 2.75) is 52.0 Å². The van der Waals surface area contributed by atoms with Crippen LogP contribution < -0.4 is 5.32 Å². The van der Waals surface area contributed by atoms with E-state index in [-0.39, 0.29) is 18.4 Å². The topological polar surface area (TPSA) is 66.5 Å². The highest BCUT2D eigenvalue weighted by Crippen LogP contribution is 2.29. The summed E-state index contributed by atoms with van der Waals surface area (Å²) in [7, 11) is -3.63.